The molecule has 128 valence electrons. The van der Waals surface area contributed by atoms with Crippen molar-refractivity contribution in [3.8, 4) is 11.5 Å². The average molecular weight is 349 g/mol. The zero-order valence-electron chi connectivity index (χ0n) is 13.5. The van der Waals surface area contributed by atoms with Crippen LogP contribution in [0.3, 0.4) is 0 Å². The van der Waals surface area contributed by atoms with Gasteiger partial charge in [-0.2, -0.15) is 0 Å². The molecule has 2 fully saturated rings. The molecule has 7 nitrogen and oxygen atoms in total. The highest BCUT2D eigenvalue weighted by atomic mass is 32.2. The van der Waals surface area contributed by atoms with Crippen LogP contribution in [-0.2, 0) is 4.79 Å². The minimum atomic E-state index is -0.385. The number of imide groups is 1. The molecule has 8 heteroatoms. The van der Waals surface area contributed by atoms with Gasteiger partial charge in [0.1, 0.15) is 0 Å². The summed E-state index contributed by atoms with van der Waals surface area (Å²) in [6, 6.07) is 3.80. The molecule has 3 N–H and O–H groups in total. The lowest BCUT2D eigenvalue weighted by Gasteiger charge is -2.22. The number of thioether (sulfide) groups is 1. The fourth-order valence-electron chi connectivity index (χ4n) is 2.84. The van der Waals surface area contributed by atoms with Gasteiger partial charge in [-0.15, -0.1) is 0 Å². The van der Waals surface area contributed by atoms with Crippen molar-refractivity contribution in [1.82, 2.24) is 5.32 Å². The van der Waals surface area contributed by atoms with Gasteiger partial charge >= 0.3 is 0 Å². The molecule has 1 aromatic carbocycles. The molecule has 0 spiro atoms. The largest absolute Gasteiger partial charge is 0.493 e. The summed E-state index contributed by atoms with van der Waals surface area (Å²) in [6.45, 7) is 1.55. The van der Waals surface area contributed by atoms with Gasteiger partial charge < -0.3 is 20.1 Å². The number of nitrogens with two attached hydrogens (primary N) is 1. The van der Waals surface area contributed by atoms with Crippen molar-refractivity contribution in [3.05, 3.63) is 22.6 Å². The number of carbonyl (C=O) groups excluding carboxylic acids is 2. The van der Waals surface area contributed by atoms with E-state index in [1.807, 2.05) is 12.1 Å². The third kappa shape index (κ3) is 3.20. The zero-order chi connectivity index (χ0) is 17.3. The Balaban J connectivity index is 2.06. The number of ether oxygens (including phenoxy) is 2. The summed E-state index contributed by atoms with van der Waals surface area (Å²) in [5, 5.41) is 1.90. The molecule has 2 aliphatic heterocycles. The van der Waals surface area contributed by atoms with Gasteiger partial charge in [0.05, 0.1) is 19.1 Å². The Morgan fingerprint density at radius 1 is 1.29 bits per heavy atom. The molecule has 24 heavy (non-hydrogen) atoms. The number of nitrogens with zero attached hydrogens (tertiary/aromatic N) is 1. The third-order valence-electron chi connectivity index (χ3n) is 4.03. The molecule has 0 unspecified atom stereocenters. The van der Waals surface area contributed by atoms with E-state index in [9.17, 15) is 9.59 Å². The Hall–Kier alpha value is -2.19. The summed E-state index contributed by atoms with van der Waals surface area (Å²) in [5.41, 5.74) is 7.71. The molecular formula is C16H19N3O4S. The second-order valence-electron chi connectivity index (χ2n) is 5.61. The molecular weight excluding hydrogens is 330 g/mol. The molecule has 3 rings (SSSR count). The number of carbonyl (C=O) groups is 2. The lowest BCUT2D eigenvalue weighted by atomic mass is 10.1. The Kier molecular flexibility index (Phi) is 4.68. The van der Waals surface area contributed by atoms with Crippen LogP contribution in [0.1, 0.15) is 12.0 Å². The van der Waals surface area contributed by atoms with Crippen LogP contribution in [-0.4, -0.2) is 44.5 Å². The van der Waals surface area contributed by atoms with Crippen LogP contribution >= 0.6 is 11.8 Å². The van der Waals surface area contributed by atoms with Crippen LogP contribution in [0.4, 0.5) is 10.5 Å². The van der Waals surface area contributed by atoms with Crippen LogP contribution in [0.15, 0.2) is 17.0 Å². The van der Waals surface area contributed by atoms with Crippen LogP contribution in [0, 0.1) is 0 Å². The lowest BCUT2D eigenvalue weighted by molar-refractivity contribution is -0.115. The molecule has 2 saturated heterocycles. The smallest absolute Gasteiger partial charge is 0.290 e. The number of rotatable bonds is 4. The van der Waals surface area contributed by atoms with Gasteiger partial charge in [-0.05, 0) is 30.3 Å². The number of methoxy groups -OCH3 is 2. The number of anilines is 1. The second kappa shape index (κ2) is 6.74. The molecule has 0 bridgehead atoms. The monoisotopic (exact) mass is 349 g/mol. The zero-order valence-corrected chi connectivity index (χ0v) is 14.3. The van der Waals surface area contributed by atoms with Gasteiger partial charge in [0.2, 0.25) is 0 Å². The molecule has 2 aliphatic rings. The first-order valence-corrected chi connectivity index (χ1v) is 8.35. The fourth-order valence-corrected chi connectivity index (χ4v) is 3.51. The lowest BCUT2D eigenvalue weighted by Crippen LogP contribution is -2.26. The van der Waals surface area contributed by atoms with Gasteiger partial charge in [-0.25, -0.2) is 0 Å². The highest BCUT2D eigenvalue weighted by molar-refractivity contribution is 8.18. The molecule has 0 aliphatic carbocycles. The van der Waals surface area contributed by atoms with E-state index >= 15 is 0 Å². The predicted octanol–water partition coefficient (Wildman–Crippen LogP) is 1.57. The Morgan fingerprint density at radius 3 is 2.54 bits per heavy atom. The van der Waals surface area contributed by atoms with Gasteiger partial charge in [-0.3, -0.25) is 14.9 Å². The van der Waals surface area contributed by atoms with Crippen LogP contribution < -0.4 is 25.4 Å². The van der Waals surface area contributed by atoms with E-state index < -0.39 is 0 Å². The molecule has 0 aromatic heterocycles. The van der Waals surface area contributed by atoms with E-state index in [0.29, 0.717) is 16.4 Å². The molecule has 1 atom stereocenters. The second-order valence-corrected chi connectivity index (χ2v) is 6.63. The molecule has 1 aromatic rings. The van der Waals surface area contributed by atoms with Crippen LogP contribution in [0.2, 0.25) is 0 Å². The van der Waals surface area contributed by atoms with Crippen molar-refractivity contribution in [1.29, 1.82) is 0 Å². The normalized spacial score (nSPS) is 22.2. The van der Waals surface area contributed by atoms with Crippen molar-refractivity contribution in [2.45, 2.75) is 12.5 Å². The van der Waals surface area contributed by atoms with Gasteiger partial charge in [0.25, 0.3) is 11.1 Å². The minimum absolute atomic E-state index is 0.115. The first-order valence-electron chi connectivity index (χ1n) is 7.53. The third-order valence-corrected chi connectivity index (χ3v) is 4.84. The maximum Gasteiger partial charge on any atom is 0.290 e. The Morgan fingerprint density at radius 2 is 2.00 bits per heavy atom. The van der Waals surface area contributed by atoms with E-state index in [4.69, 9.17) is 15.2 Å². The van der Waals surface area contributed by atoms with Crippen molar-refractivity contribution in [2.24, 2.45) is 5.73 Å². The number of benzene rings is 1. The molecule has 0 radical (unpaired) electrons. The van der Waals surface area contributed by atoms with E-state index in [2.05, 4.69) is 10.2 Å². The van der Waals surface area contributed by atoms with Crippen molar-refractivity contribution < 1.29 is 19.1 Å². The summed E-state index contributed by atoms with van der Waals surface area (Å²) in [5.74, 6) is 0.782. The van der Waals surface area contributed by atoms with Crippen LogP contribution in [0.5, 0.6) is 11.5 Å². The quantitative estimate of drug-likeness (QED) is 0.797. The van der Waals surface area contributed by atoms with E-state index in [1.54, 1.807) is 20.3 Å². The van der Waals surface area contributed by atoms with Crippen molar-refractivity contribution >= 4 is 34.7 Å². The summed E-state index contributed by atoms with van der Waals surface area (Å²) in [6.07, 6.45) is 2.60. The Labute approximate surface area is 144 Å². The predicted molar refractivity (Wildman–Crippen MR) is 93.5 cm³/mol. The molecule has 2 heterocycles. The van der Waals surface area contributed by atoms with Crippen LogP contribution in [0.25, 0.3) is 6.08 Å². The standard InChI is InChI=1S/C16H19N3O4S/c1-22-12-5-9(6-14-15(20)18-16(21)24-14)11(7-13(12)23-2)19-4-3-10(17)8-19/h5-7,10H,3-4,8,17H2,1-2H3,(H,18,20,21)/b14-6-/t10-/m1/s1. The molecule has 2 amide bonds. The first-order chi connectivity index (χ1) is 11.5. The van der Waals surface area contributed by atoms with Gasteiger partial charge in [-0.1, -0.05) is 0 Å². The van der Waals surface area contributed by atoms with Crippen molar-refractivity contribution in [2.75, 3.05) is 32.2 Å². The Bertz CT molecular complexity index is 720. The number of hydrogen-bond donors (Lipinski definition) is 2. The summed E-state index contributed by atoms with van der Waals surface area (Å²) in [4.78, 5) is 25.7. The van der Waals surface area contributed by atoms with Crippen molar-refractivity contribution in [3.63, 3.8) is 0 Å². The summed E-state index contributed by atoms with van der Waals surface area (Å²) < 4.78 is 10.7. The number of nitrogens with one attached hydrogen (secondary N) is 1. The minimum Gasteiger partial charge on any atom is -0.493 e. The number of hydrogen-bond acceptors (Lipinski definition) is 7. The van der Waals surface area contributed by atoms with E-state index in [-0.39, 0.29) is 17.2 Å². The number of amides is 2. The maximum absolute atomic E-state index is 11.8. The van der Waals surface area contributed by atoms with Gasteiger partial charge in [0.15, 0.2) is 11.5 Å². The fraction of sp³-hybridized carbons (Fsp3) is 0.375. The maximum atomic E-state index is 11.8. The summed E-state index contributed by atoms with van der Waals surface area (Å²) in [7, 11) is 3.13. The topological polar surface area (TPSA) is 93.9 Å². The molecule has 0 saturated carbocycles. The average Bonchev–Trinajstić information content (AvgIpc) is 3.12. The SMILES string of the molecule is COc1cc(/C=C2\SC(=O)NC2=O)c(N2CC[C@@H](N)C2)cc1OC. The summed E-state index contributed by atoms with van der Waals surface area (Å²) >= 11 is 0.890. The van der Waals surface area contributed by atoms with E-state index in [0.717, 1.165) is 42.5 Å². The first kappa shape index (κ1) is 16.7. The highest BCUT2D eigenvalue weighted by Gasteiger charge is 2.27. The van der Waals surface area contributed by atoms with Gasteiger partial charge in [0, 0.05) is 36.4 Å². The highest BCUT2D eigenvalue weighted by Crippen LogP contribution is 2.38. The van der Waals surface area contributed by atoms with E-state index in [1.165, 1.54) is 0 Å².